The highest BCUT2D eigenvalue weighted by molar-refractivity contribution is 7.80. The van der Waals surface area contributed by atoms with Crippen LogP contribution in [0.15, 0.2) is 63.8 Å². The maximum Gasteiger partial charge on any atom is 0.170 e. The van der Waals surface area contributed by atoms with Crippen LogP contribution < -0.4 is 5.32 Å². The van der Waals surface area contributed by atoms with Crippen LogP contribution in [0, 0.1) is 6.92 Å². The second kappa shape index (κ2) is 6.13. The summed E-state index contributed by atoms with van der Waals surface area (Å²) >= 11 is 5.58. The average molecular weight is 339 g/mol. The van der Waals surface area contributed by atoms with Crippen molar-refractivity contribution in [1.82, 2.24) is 15.2 Å². The van der Waals surface area contributed by atoms with Gasteiger partial charge in [0.05, 0.1) is 24.5 Å². The van der Waals surface area contributed by atoms with Crippen molar-refractivity contribution in [2.45, 2.75) is 25.6 Å². The molecule has 3 aromatic rings. The SMILES string of the molecule is Cc1ccc([C@@H]2[C@H](c3ccccn3)NC(=S)N2Cc2ccco2)o1. The number of pyridine rings is 1. The van der Waals surface area contributed by atoms with Gasteiger partial charge in [0.25, 0.3) is 0 Å². The molecule has 5 nitrogen and oxygen atoms in total. The lowest BCUT2D eigenvalue weighted by atomic mass is 10.0. The van der Waals surface area contributed by atoms with Gasteiger partial charge in [0.15, 0.2) is 5.11 Å². The third-order valence-electron chi connectivity index (χ3n) is 4.16. The second-order valence-electron chi connectivity index (χ2n) is 5.78. The molecule has 0 unspecified atom stereocenters. The number of aryl methyl sites for hydroxylation is 1. The van der Waals surface area contributed by atoms with Gasteiger partial charge in [-0.2, -0.15) is 0 Å². The summed E-state index contributed by atoms with van der Waals surface area (Å²) in [6.45, 7) is 2.52. The molecule has 0 bridgehead atoms. The lowest BCUT2D eigenvalue weighted by Crippen LogP contribution is -2.28. The van der Waals surface area contributed by atoms with E-state index in [1.165, 1.54) is 0 Å². The third kappa shape index (κ3) is 2.69. The Bertz CT molecular complexity index is 829. The van der Waals surface area contributed by atoms with E-state index >= 15 is 0 Å². The Kier molecular flexibility index (Phi) is 3.82. The average Bonchev–Trinajstić information content (AvgIpc) is 3.31. The van der Waals surface area contributed by atoms with Gasteiger partial charge in [0, 0.05) is 6.20 Å². The molecule has 1 aliphatic rings. The lowest BCUT2D eigenvalue weighted by molar-refractivity contribution is 0.249. The summed E-state index contributed by atoms with van der Waals surface area (Å²) in [5, 5.41) is 4.05. The third-order valence-corrected chi connectivity index (χ3v) is 4.51. The minimum absolute atomic E-state index is 0.0702. The van der Waals surface area contributed by atoms with Gasteiger partial charge in [0.2, 0.25) is 0 Å². The zero-order chi connectivity index (χ0) is 16.5. The Hall–Kier alpha value is -2.60. The van der Waals surface area contributed by atoms with E-state index in [1.54, 1.807) is 12.5 Å². The number of hydrogen-bond donors (Lipinski definition) is 1. The van der Waals surface area contributed by atoms with Crippen molar-refractivity contribution < 1.29 is 8.83 Å². The summed E-state index contributed by atoms with van der Waals surface area (Å²) in [6.07, 6.45) is 3.46. The van der Waals surface area contributed by atoms with Crippen molar-refractivity contribution in [1.29, 1.82) is 0 Å². The fourth-order valence-corrected chi connectivity index (χ4v) is 3.37. The first-order valence-electron chi connectivity index (χ1n) is 7.79. The number of nitrogens with one attached hydrogen (secondary N) is 1. The number of thiocarbonyl (C=S) groups is 1. The van der Waals surface area contributed by atoms with Crippen molar-refractivity contribution in [3.8, 4) is 0 Å². The van der Waals surface area contributed by atoms with Gasteiger partial charge >= 0.3 is 0 Å². The normalized spacial score (nSPS) is 20.4. The molecule has 122 valence electrons. The maximum atomic E-state index is 5.92. The van der Waals surface area contributed by atoms with Crippen molar-refractivity contribution >= 4 is 17.3 Å². The molecular formula is C18H17N3O2S. The van der Waals surface area contributed by atoms with Crippen molar-refractivity contribution in [3.05, 3.63) is 77.9 Å². The first-order valence-corrected chi connectivity index (χ1v) is 8.20. The molecule has 4 rings (SSSR count). The van der Waals surface area contributed by atoms with Gasteiger partial charge in [-0.15, -0.1) is 0 Å². The summed E-state index contributed by atoms with van der Waals surface area (Å²) in [6, 6.07) is 13.5. The molecule has 0 radical (unpaired) electrons. The Morgan fingerprint density at radius 1 is 1.21 bits per heavy atom. The summed E-state index contributed by atoms with van der Waals surface area (Å²) in [5.41, 5.74) is 0.931. The van der Waals surface area contributed by atoms with Gasteiger partial charge in [-0.1, -0.05) is 6.07 Å². The highest BCUT2D eigenvalue weighted by Crippen LogP contribution is 2.39. The van der Waals surface area contributed by atoms with E-state index in [1.807, 2.05) is 49.4 Å². The van der Waals surface area contributed by atoms with Crippen LogP contribution in [0.1, 0.15) is 35.1 Å². The van der Waals surface area contributed by atoms with E-state index in [0.29, 0.717) is 11.7 Å². The van der Waals surface area contributed by atoms with Crippen LogP contribution in [0.2, 0.25) is 0 Å². The van der Waals surface area contributed by atoms with Crippen molar-refractivity contribution in [2.24, 2.45) is 0 Å². The first kappa shape index (κ1) is 15.0. The molecule has 0 spiro atoms. The van der Waals surface area contributed by atoms with Crippen LogP contribution >= 0.6 is 12.2 Å². The molecule has 2 atom stereocenters. The number of aromatic nitrogens is 1. The second-order valence-corrected chi connectivity index (χ2v) is 6.17. The van der Waals surface area contributed by atoms with E-state index in [9.17, 15) is 0 Å². The standard InChI is InChI=1S/C18H17N3O2S/c1-12-7-8-15(23-12)17-16(14-6-2-3-9-19-14)20-18(24)21(17)11-13-5-4-10-22-13/h2-10,16-17H,11H2,1H3,(H,20,24)/t16-,17+/m0/s1. The molecule has 1 saturated heterocycles. The van der Waals surface area contributed by atoms with Crippen LogP contribution in [0.5, 0.6) is 0 Å². The molecule has 1 aliphatic heterocycles. The summed E-state index contributed by atoms with van der Waals surface area (Å²) in [4.78, 5) is 6.58. The number of hydrogen-bond acceptors (Lipinski definition) is 4. The Morgan fingerprint density at radius 2 is 2.12 bits per heavy atom. The van der Waals surface area contributed by atoms with Gasteiger partial charge < -0.3 is 19.1 Å². The van der Waals surface area contributed by atoms with Crippen LogP contribution in [0.25, 0.3) is 0 Å². The molecule has 0 aromatic carbocycles. The zero-order valence-electron chi connectivity index (χ0n) is 13.2. The quantitative estimate of drug-likeness (QED) is 0.731. The highest BCUT2D eigenvalue weighted by Gasteiger charge is 2.41. The molecule has 1 fully saturated rings. The molecule has 1 N–H and O–H groups in total. The molecule has 0 aliphatic carbocycles. The maximum absolute atomic E-state index is 5.92. The van der Waals surface area contributed by atoms with E-state index in [-0.39, 0.29) is 12.1 Å². The molecule has 3 aromatic heterocycles. The summed E-state index contributed by atoms with van der Waals surface area (Å²) < 4.78 is 11.4. The molecule has 0 saturated carbocycles. The fourth-order valence-electron chi connectivity index (χ4n) is 3.07. The predicted octanol–water partition coefficient (Wildman–Crippen LogP) is 3.75. The zero-order valence-corrected chi connectivity index (χ0v) is 14.0. The van der Waals surface area contributed by atoms with Crippen LogP contribution in [0.4, 0.5) is 0 Å². The van der Waals surface area contributed by atoms with Gasteiger partial charge in [-0.3, -0.25) is 4.98 Å². The van der Waals surface area contributed by atoms with Crippen molar-refractivity contribution in [2.75, 3.05) is 0 Å². The monoisotopic (exact) mass is 339 g/mol. The number of furan rings is 2. The largest absolute Gasteiger partial charge is 0.467 e. The van der Waals surface area contributed by atoms with E-state index < -0.39 is 0 Å². The molecule has 0 amide bonds. The minimum Gasteiger partial charge on any atom is -0.467 e. The van der Waals surface area contributed by atoms with Gasteiger partial charge in [0.1, 0.15) is 23.3 Å². The Morgan fingerprint density at radius 3 is 2.79 bits per heavy atom. The summed E-state index contributed by atoms with van der Waals surface area (Å²) in [7, 11) is 0. The minimum atomic E-state index is -0.0776. The number of rotatable bonds is 4. The predicted molar refractivity (Wildman–Crippen MR) is 93.1 cm³/mol. The van der Waals surface area contributed by atoms with E-state index in [0.717, 1.165) is 23.0 Å². The molecule has 6 heteroatoms. The lowest BCUT2D eigenvalue weighted by Gasteiger charge is -2.25. The molecule has 4 heterocycles. The van der Waals surface area contributed by atoms with Gasteiger partial charge in [-0.25, -0.2) is 0 Å². The molecular weight excluding hydrogens is 322 g/mol. The van der Waals surface area contributed by atoms with E-state index in [2.05, 4.69) is 15.2 Å². The van der Waals surface area contributed by atoms with Crippen molar-refractivity contribution in [3.63, 3.8) is 0 Å². The fraction of sp³-hybridized carbons (Fsp3) is 0.222. The Balaban J connectivity index is 1.73. The molecule has 24 heavy (non-hydrogen) atoms. The van der Waals surface area contributed by atoms with Crippen LogP contribution in [-0.4, -0.2) is 15.0 Å². The van der Waals surface area contributed by atoms with Crippen LogP contribution in [-0.2, 0) is 6.54 Å². The van der Waals surface area contributed by atoms with Gasteiger partial charge in [-0.05, 0) is 55.5 Å². The Labute approximate surface area is 145 Å². The number of nitrogens with zero attached hydrogens (tertiary/aromatic N) is 2. The topological polar surface area (TPSA) is 54.4 Å². The first-order chi connectivity index (χ1) is 11.7. The summed E-state index contributed by atoms with van der Waals surface area (Å²) in [5.74, 6) is 2.59. The highest BCUT2D eigenvalue weighted by atomic mass is 32.1. The van der Waals surface area contributed by atoms with Crippen LogP contribution in [0.3, 0.4) is 0 Å². The smallest absolute Gasteiger partial charge is 0.170 e. The van der Waals surface area contributed by atoms with E-state index in [4.69, 9.17) is 21.1 Å².